The molecule has 0 spiro atoms. The van der Waals surface area contributed by atoms with Crippen LogP contribution in [0.25, 0.3) is 0 Å². The van der Waals surface area contributed by atoms with Gasteiger partial charge in [0.2, 0.25) is 0 Å². The normalized spacial score (nSPS) is 11.1. The minimum absolute atomic E-state index is 0.122. The highest BCUT2D eigenvalue weighted by atomic mass is 19.4. The monoisotopic (exact) mass is 374 g/mol. The number of rotatable bonds is 5. The van der Waals surface area contributed by atoms with Crippen molar-refractivity contribution in [2.75, 3.05) is 10.6 Å². The molecular formula is C18H13F3N4O2. The first-order chi connectivity index (χ1) is 12.8. The largest absolute Gasteiger partial charge is 0.478 e. The number of benzene rings is 2. The number of carbonyl (C=O) groups is 1. The van der Waals surface area contributed by atoms with E-state index in [1.807, 2.05) is 0 Å². The Morgan fingerprint density at radius 3 is 2.11 bits per heavy atom. The van der Waals surface area contributed by atoms with Crippen LogP contribution in [0.2, 0.25) is 0 Å². The summed E-state index contributed by atoms with van der Waals surface area (Å²) in [6.07, 6.45) is -3.12. The summed E-state index contributed by atoms with van der Waals surface area (Å²) in [5.41, 5.74) is 0.336. The fourth-order valence-corrected chi connectivity index (χ4v) is 2.26. The van der Waals surface area contributed by atoms with Crippen LogP contribution in [0.15, 0.2) is 60.9 Å². The first kappa shape index (κ1) is 18.2. The van der Waals surface area contributed by atoms with E-state index in [0.29, 0.717) is 23.0 Å². The van der Waals surface area contributed by atoms with Crippen LogP contribution in [-0.2, 0) is 6.18 Å². The van der Waals surface area contributed by atoms with E-state index in [4.69, 9.17) is 5.11 Å². The summed E-state index contributed by atoms with van der Waals surface area (Å²) in [7, 11) is 0. The number of aromatic nitrogens is 2. The topological polar surface area (TPSA) is 87.1 Å². The molecule has 9 heteroatoms. The van der Waals surface area contributed by atoms with Crippen LogP contribution in [-0.4, -0.2) is 21.0 Å². The third-order valence-electron chi connectivity index (χ3n) is 3.53. The van der Waals surface area contributed by atoms with E-state index >= 15 is 0 Å². The Kier molecular flexibility index (Phi) is 4.93. The van der Waals surface area contributed by atoms with Gasteiger partial charge in [-0.1, -0.05) is 6.07 Å². The number of hydrogen-bond donors (Lipinski definition) is 3. The minimum atomic E-state index is -4.39. The van der Waals surface area contributed by atoms with Gasteiger partial charge >= 0.3 is 12.1 Å². The number of aromatic carboxylic acids is 1. The van der Waals surface area contributed by atoms with Gasteiger partial charge in [-0.15, -0.1) is 0 Å². The zero-order valence-electron chi connectivity index (χ0n) is 13.7. The molecule has 0 bridgehead atoms. The summed E-state index contributed by atoms with van der Waals surface area (Å²) in [5.74, 6) is -0.297. The van der Waals surface area contributed by atoms with Gasteiger partial charge < -0.3 is 15.7 Å². The fourth-order valence-electron chi connectivity index (χ4n) is 2.26. The zero-order valence-corrected chi connectivity index (χ0v) is 13.7. The molecule has 1 aromatic heterocycles. The van der Waals surface area contributed by atoms with Crippen LogP contribution >= 0.6 is 0 Å². The average molecular weight is 374 g/mol. The molecule has 0 aliphatic rings. The lowest BCUT2D eigenvalue weighted by Gasteiger charge is -2.10. The molecule has 27 heavy (non-hydrogen) atoms. The van der Waals surface area contributed by atoms with E-state index < -0.39 is 17.7 Å². The van der Waals surface area contributed by atoms with Crippen LogP contribution < -0.4 is 10.6 Å². The van der Waals surface area contributed by atoms with Gasteiger partial charge in [0, 0.05) is 17.4 Å². The molecular weight excluding hydrogens is 361 g/mol. The second kappa shape index (κ2) is 7.32. The third-order valence-corrected chi connectivity index (χ3v) is 3.53. The van der Waals surface area contributed by atoms with Crippen molar-refractivity contribution in [2.45, 2.75) is 6.18 Å². The molecule has 0 saturated heterocycles. The Bertz CT molecular complexity index is 959. The second-order valence-corrected chi connectivity index (χ2v) is 5.50. The second-order valence-electron chi connectivity index (χ2n) is 5.50. The van der Waals surface area contributed by atoms with Gasteiger partial charge in [0.15, 0.2) is 0 Å². The Morgan fingerprint density at radius 1 is 0.889 bits per heavy atom. The summed E-state index contributed by atoms with van der Waals surface area (Å²) < 4.78 is 37.8. The van der Waals surface area contributed by atoms with Crippen molar-refractivity contribution in [1.29, 1.82) is 0 Å². The number of nitrogens with zero attached hydrogens (tertiary/aromatic N) is 2. The molecule has 0 unspecified atom stereocenters. The minimum Gasteiger partial charge on any atom is -0.478 e. The number of alkyl halides is 3. The van der Waals surface area contributed by atoms with Crippen molar-refractivity contribution >= 4 is 29.0 Å². The molecule has 3 aromatic rings. The van der Waals surface area contributed by atoms with Crippen molar-refractivity contribution in [3.63, 3.8) is 0 Å². The number of carboxylic acid groups (broad SMARTS) is 1. The van der Waals surface area contributed by atoms with E-state index in [9.17, 15) is 18.0 Å². The maximum Gasteiger partial charge on any atom is 0.416 e. The highest BCUT2D eigenvalue weighted by molar-refractivity contribution is 5.89. The first-order valence-electron chi connectivity index (χ1n) is 7.68. The quantitative estimate of drug-likeness (QED) is 0.601. The SMILES string of the molecule is O=C(O)c1cccc(Nc2cc(Nc3ccc(C(F)(F)F)cc3)ncn2)c1. The standard InChI is InChI=1S/C18H13F3N4O2/c19-18(20,21)12-4-6-13(7-5-12)24-15-9-16(23-10-22-15)25-14-3-1-2-11(8-14)17(26)27/h1-10H,(H,26,27)(H2,22,23,24,25). The lowest BCUT2D eigenvalue weighted by Crippen LogP contribution is -2.04. The highest BCUT2D eigenvalue weighted by Gasteiger charge is 2.29. The van der Waals surface area contributed by atoms with E-state index in [0.717, 1.165) is 12.1 Å². The Hall–Kier alpha value is -3.62. The maximum absolute atomic E-state index is 12.6. The van der Waals surface area contributed by atoms with E-state index in [1.165, 1.54) is 30.6 Å². The number of anilines is 4. The summed E-state index contributed by atoms with van der Waals surface area (Å²) >= 11 is 0. The van der Waals surface area contributed by atoms with Crippen LogP contribution in [0, 0.1) is 0 Å². The molecule has 0 radical (unpaired) electrons. The van der Waals surface area contributed by atoms with Gasteiger partial charge in [-0.05, 0) is 42.5 Å². The van der Waals surface area contributed by atoms with Crippen LogP contribution in [0.3, 0.4) is 0 Å². The predicted octanol–water partition coefficient (Wildman–Crippen LogP) is 4.68. The van der Waals surface area contributed by atoms with Crippen molar-refractivity contribution in [3.05, 3.63) is 72.1 Å². The molecule has 0 aliphatic carbocycles. The van der Waals surface area contributed by atoms with Crippen molar-refractivity contribution in [1.82, 2.24) is 9.97 Å². The van der Waals surface area contributed by atoms with E-state index in [-0.39, 0.29) is 5.56 Å². The zero-order chi connectivity index (χ0) is 19.4. The van der Waals surface area contributed by atoms with Gasteiger partial charge in [0.1, 0.15) is 18.0 Å². The molecule has 0 fully saturated rings. The molecule has 0 saturated carbocycles. The van der Waals surface area contributed by atoms with Gasteiger partial charge in [0.05, 0.1) is 11.1 Å². The number of carboxylic acids is 1. The maximum atomic E-state index is 12.6. The van der Waals surface area contributed by atoms with Crippen molar-refractivity contribution in [2.24, 2.45) is 0 Å². The summed E-state index contributed by atoms with van der Waals surface area (Å²) in [4.78, 5) is 19.1. The van der Waals surface area contributed by atoms with Gasteiger partial charge in [-0.2, -0.15) is 13.2 Å². The smallest absolute Gasteiger partial charge is 0.416 e. The van der Waals surface area contributed by atoms with Crippen LogP contribution in [0.4, 0.5) is 36.2 Å². The molecule has 0 aliphatic heterocycles. The van der Waals surface area contributed by atoms with E-state index in [2.05, 4.69) is 20.6 Å². The van der Waals surface area contributed by atoms with Crippen LogP contribution in [0.1, 0.15) is 15.9 Å². The van der Waals surface area contributed by atoms with Crippen molar-refractivity contribution < 1.29 is 23.1 Å². The lowest BCUT2D eigenvalue weighted by atomic mass is 10.2. The fraction of sp³-hybridized carbons (Fsp3) is 0.0556. The summed E-state index contributed by atoms with van der Waals surface area (Å²) in [6.45, 7) is 0. The van der Waals surface area contributed by atoms with E-state index in [1.54, 1.807) is 18.2 Å². The molecule has 3 rings (SSSR count). The molecule has 0 amide bonds. The number of hydrogen-bond acceptors (Lipinski definition) is 5. The number of nitrogens with one attached hydrogen (secondary N) is 2. The Morgan fingerprint density at radius 2 is 1.52 bits per heavy atom. The molecule has 138 valence electrons. The molecule has 2 aromatic carbocycles. The van der Waals surface area contributed by atoms with Gasteiger partial charge in [-0.25, -0.2) is 14.8 Å². The van der Waals surface area contributed by atoms with Gasteiger partial charge in [0.25, 0.3) is 0 Å². The Labute approximate surface area is 151 Å². The summed E-state index contributed by atoms with van der Waals surface area (Å²) in [6, 6.07) is 12.3. The summed E-state index contributed by atoms with van der Waals surface area (Å²) in [5, 5.41) is 14.9. The first-order valence-corrected chi connectivity index (χ1v) is 7.68. The number of halogens is 3. The third kappa shape index (κ3) is 4.72. The molecule has 1 heterocycles. The molecule has 0 atom stereocenters. The predicted molar refractivity (Wildman–Crippen MR) is 93.4 cm³/mol. The average Bonchev–Trinajstić information content (AvgIpc) is 2.62. The lowest BCUT2D eigenvalue weighted by molar-refractivity contribution is -0.137. The Balaban J connectivity index is 1.74. The van der Waals surface area contributed by atoms with Crippen molar-refractivity contribution in [3.8, 4) is 0 Å². The highest BCUT2D eigenvalue weighted by Crippen LogP contribution is 2.30. The molecule has 3 N–H and O–H groups in total. The molecule has 6 nitrogen and oxygen atoms in total. The van der Waals surface area contributed by atoms with Gasteiger partial charge in [-0.3, -0.25) is 0 Å². The van der Waals surface area contributed by atoms with Crippen LogP contribution in [0.5, 0.6) is 0 Å².